The Hall–Kier alpha value is -5.15. The molecular weight excluding hydrogens is 720 g/mol. The molecule has 2 N–H and O–H groups in total. The summed E-state index contributed by atoms with van der Waals surface area (Å²) in [5, 5.41) is 12.4. The van der Waals surface area contributed by atoms with Crippen molar-refractivity contribution in [1.82, 2.24) is 14.8 Å². The fraction of sp³-hybridized carbons (Fsp3) is 0.359. The van der Waals surface area contributed by atoms with E-state index in [1.165, 1.54) is 19.1 Å². The van der Waals surface area contributed by atoms with Gasteiger partial charge >= 0.3 is 12.1 Å². The zero-order valence-electron chi connectivity index (χ0n) is 29.1. The van der Waals surface area contributed by atoms with E-state index in [9.17, 15) is 37.1 Å². The van der Waals surface area contributed by atoms with E-state index in [-0.39, 0.29) is 54.6 Å². The van der Waals surface area contributed by atoms with Crippen LogP contribution in [0.5, 0.6) is 11.5 Å². The van der Waals surface area contributed by atoms with Gasteiger partial charge in [0.1, 0.15) is 35.3 Å². The van der Waals surface area contributed by atoms with Crippen LogP contribution in [-0.2, 0) is 26.9 Å². The second kappa shape index (κ2) is 14.3. The lowest BCUT2D eigenvalue weighted by atomic mass is 9.88. The molecule has 4 aromatic rings. The molecule has 2 unspecified atom stereocenters. The van der Waals surface area contributed by atoms with Gasteiger partial charge in [0.25, 0.3) is 5.56 Å². The maximum atomic E-state index is 16.1. The number of hydrogen-bond acceptors (Lipinski definition) is 6. The third-order valence-electron chi connectivity index (χ3n) is 10.2. The number of benzene rings is 3. The first-order valence-electron chi connectivity index (χ1n) is 17.3. The van der Waals surface area contributed by atoms with Crippen molar-refractivity contribution in [2.45, 2.75) is 57.0 Å². The minimum Gasteiger partial charge on any atom is -0.481 e. The molecule has 15 heteroatoms. The van der Waals surface area contributed by atoms with Crippen LogP contribution in [0.3, 0.4) is 0 Å². The lowest BCUT2D eigenvalue weighted by Gasteiger charge is -2.34. The van der Waals surface area contributed by atoms with Crippen LogP contribution in [-0.4, -0.2) is 65.5 Å². The van der Waals surface area contributed by atoms with Gasteiger partial charge in [0.05, 0.1) is 31.2 Å². The maximum absolute atomic E-state index is 16.1. The zero-order chi connectivity index (χ0) is 38.6. The van der Waals surface area contributed by atoms with Crippen molar-refractivity contribution in [1.29, 1.82) is 0 Å². The van der Waals surface area contributed by atoms with E-state index in [1.807, 2.05) is 13.0 Å². The topological polar surface area (TPSA) is 110 Å². The Morgan fingerprint density at radius 1 is 0.981 bits per heavy atom. The van der Waals surface area contributed by atoms with E-state index >= 15 is 8.78 Å². The number of carbonyl (C=O) groups excluding carboxylic acids is 1. The monoisotopic (exact) mass is 755 g/mol. The Balaban J connectivity index is 1.45. The fourth-order valence-corrected chi connectivity index (χ4v) is 7.32. The van der Waals surface area contributed by atoms with Crippen LogP contribution in [0.2, 0.25) is 0 Å². The summed E-state index contributed by atoms with van der Waals surface area (Å²) in [5.41, 5.74) is -1.10. The molecule has 1 amide bonds. The lowest BCUT2D eigenvalue weighted by molar-refractivity contribution is -0.139. The van der Waals surface area contributed by atoms with Gasteiger partial charge in [0.2, 0.25) is 5.91 Å². The third-order valence-corrected chi connectivity index (χ3v) is 10.2. The van der Waals surface area contributed by atoms with Gasteiger partial charge in [-0.15, -0.1) is 0 Å². The predicted octanol–water partition coefficient (Wildman–Crippen LogP) is 6.77. The molecular formula is C39H35F6N3O6. The van der Waals surface area contributed by atoms with Crippen LogP contribution in [0, 0.1) is 25.5 Å². The van der Waals surface area contributed by atoms with Crippen molar-refractivity contribution < 1.29 is 50.5 Å². The number of carbonyl (C=O) groups is 2. The number of likely N-dealkylation sites (tertiary alicyclic amines) is 1. The van der Waals surface area contributed by atoms with E-state index < -0.39 is 76.6 Å². The van der Waals surface area contributed by atoms with Crippen molar-refractivity contribution >= 4 is 11.9 Å². The quantitative estimate of drug-likeness (QED) is 0.201. The number of aromatic nitrogens is 1. The Morgan fingerprint density at radius 3 is 2.37 bits per heavy atom. The number of pyridine rings is 1. The molecule has 0 saturated carbocycles. The van der Waals surface area contributed by atoms with E-state index in [4.69, 9.17) is 9.47 Å². The van der Waals surface area contributed by atoms with Gasteiger partial charge in [0.15, 0.2) is 0 Å². The number of aryl methyl sites for hydroxylation is 2. The molecule has 1 aromatic heterocycles. The average Bonchev–Trinajstić information content (AvgIpc) is 3.04. The zero-order valence-corrected chi connectivity index (χ0v) is 29.1. The van der Waals surface area contributed by atoms with Crippen LogP contribution in [0.1, 0.15) is 63.4 Å². The number of carboxylic acid groups (broad SMARTS) is 1. The standard InChI is InChI=1S/C39H35F6N3O6/c1-19-7-22(24-17-53-18-24)10-32-35(19)23-8-20(2)36(42)28(9-23)31(13-34(50)51)46-38(52)37(27-11-26(54-32)3-4-30(27)41)48-14-21(5-6-47-15-25(40)16-47)29(12-33(48)49)39(43,44)45/h3-4,7-12,14,24-25,31,37H,5-6,13,15-18H2,1-2H3,(H,46,52)(H,50,51). The van der Waals surface area contributed by atoms with Crippen LogP contribution < -0.4 is 15.6 Å². The van der Waals surface area contributed by atoms with E-state index in [0.717, 1.165) is 23.9 Å². The first-order chi connectivity index (χ1) is 25.6. The molecule has 7 rings (SSSR count). The van der Waals surface area contributed by atoms with Crippen LogP contribution in [0.15, 0.2) is 59.5 Å². The summed E-state index contributed by atoms with van der Waals surface area (Å²) in [4.78, 5) is 41.8. The fourth-order valence-electron chi connectivity index (χ4n) is 7.32. The average molecular weight is 756 g/mol. The number of aliphatic carboxylic acids is 1. The van der Waals surface area contributed by atoms with Gasteiger partial charge in [-0.3, -0.25) is 23.9 Å². The number of rotatable bonds is 7. The van der Waals surface area contributed by atoms with E-state index in [0.29, 0.717) is 40.5 Å². The smallest absolute Gasteiger partial charge is 0.416 e. The van der Waals surface area contributed by atoms with Gasteiger partial charge < -0.3 is 19.9 Å². The maximum Gasteiger partial charge on any atom is 0.416 e. The van der Waals surface area contributed by atoms with Gasteiger partial charge in [-0.2, -0.15) is 13.2 Å². The van der Waals surface area contributed by atoms with Gasteiger partial charge in [-0.05, 0) is 84.5 Å². The SMILES string of the molecule is Cc1cc2cc(c1F)C(CC(=O)O)NC(=O)C(n1cc(CCN3CC(F)C3)c(C(F)(F)F)cc1=O)c1cc(ccc1F)Oc1cc(C3COC3)cc(C)c1-2. The number of halogens is 6. The number of ether oxygens (including phenoxy) is 2. The van der Waals surface area contributed by atoms with Gasteiger partial charge in [0, 0.05) is 54.5 Å². The third kappa shape index (κ3) is 7.21. The summed E-state index contributed by atoms with van der Waals surface area (Å²) in [5.74, 6) is -4.17. The van der Waals surface area contributed by atoms with Crippen molar-refractivity contribution in [2.24, 2.45) is 0 Å². The summed E-state index contributed by atoms with van der Waals surface area (Å²) in [7, 11) is 0. The van der Waals surface area contributed by atoms with Crippen LogP contribution in [0.25, 0.3) is 11.1 Å². The van der Waals surface area contributed by atoms with Crippen molar-refractivity contribution in [3.63, 3.8) is 0 Å². The minimum absolute atomic E-state index is 0.000294. The number of amides is 1. The molecule has 54 heavy (non-hydrogen) atoms. The van der Waals surface area contributed by atoms with E-state index in [2.05, 4.69) is 5.32 Å². The number of alkyl halides is 4. The van der Waals surface area contributed by atoms with E-state index in [1.54, 1.807) is 17.0 Å². The molecule has 4 bridgehead atoms. The Kier molecular flexibility index (Phi) is 9.81. The first kappa shape index (κ1) is 37.2. The number of hydrogen-bond donors (Lipinski definition) is 2. The normalized spacial score (nSPS) is 19.3. The largest absolute Gasteiger partial charge is 0.481 e. The summed E-state index contributed by atoms with van der Waals surface area (Å²) in [6.45, 7) is 4.24. The van der Waals surface area contributed by atoms with Crippen LogP contribution >= 0.6 is 0 Å². The Labute approximate surface area is 305 Å². The molecule has 9 nitrogen and oxygen atoms in total. The predicted molar refractivity (Wildman–Crippen MR) is 183 cm³/mol. The summed E-state index contributed by atoms with van der Waals surface area (Å²) >= 11 is 0. The number of nitrogens with zero attached hydrogens (tertiary/aromatic N) is 2. The molecule has 0 radical (unpaired) electrons. The van der Waals surface area contributed by atoms with Gasteiger partial charge in [-0.1, -0.05) is 6.07 Å². The Bertz CT molecular complexity index is 2210. The second-order valence-corrected chi connectivity index (χ2v) is 14.1. The number of carboxylic acids is 1. The Morgan fingerprint density at radius 2 is 1.72 bits per heavy atom. The molecule has 4 heterocycles. The second-order valence-electron chi connectivity index (χ2n) is 14.1. The van der Waals surface area contributed by atoms with Crippen molar-refractivity contribution in [3.8, 4) is 22.6 Å². The lowest BCUT2D eigenvalue weighted by Crippen LogP contribution is -2.49. The highest BCUT2D eigenvalue weighted by Crippen LogP contribution is 2.43. The molecule has 2 atom stereocenters. The molecule has 3 aliphatic heterocycles. The molecule has 3 aliphatic rings. The highest BCUT2D eigenvalue weighted by Gasteiger charge is 2.38. The number of fused-ring (bicyclic) bond motifs is 6. The highest BCUT2D eigenvalue weighted by atomic mass is 19.4. The molecule has 2 saturated heterocycles. The first-order valence-corrected chi connectivity index (χ1v) is 17.3. The summed E-state index contributed by atoms with van der Waals surface area (Å²) in [6.07, 6.45) is -6.44. The van der Waals surface area contributed by atoms with Crippen LogP contribution in [0.4, 0.5) is 26.3 Å². The van der Waals surface area contributed by atoms with Gasteiger partial charge in [-0.25, -0.2) is 13.2 Å². The molecule has 0 aliphatic carbocycles. The minimum atomic E-state index is -4.99. The molecule has 0 spiro atoms. The molecule has 3 aromatic carbocycles. The molecule has 284 valence electrons. The summed E-state index contributed by atoms with van der Waals surface area (Å²) in [6, 6.07) is 6.75. The van der Waals surface area contributed by atoms with Crippen molar-refractivity contribution in [3.05, 3.63) is 116 Å². The highest BCUT2D eigenvalue weighted by molar-refractivity contribution is 5.85. The van der Waals surface area contributed by atoms with Crippen molar-refractivity contribution in [2.75, 3.05) is 32.8 Å². The number of nitrogens with one attached hydrogen (secondary N) is 1. The summed E-state index contributed by atoms with van der Waals surface area (Å²) < 4.78 is 101. The molecule has 2 fully saturated rings.